The summed E-state index contributed by atoms with van der Waals surface area (Å²) >= 11 is 0. The number of hydrogen-bond donors (Lipinski definition) is 1. The quantitative estimate of drug-likeness (QED) is 0.771. The van der Waals surface area contributed by atoms with Gasteiger partial charge in [-0.15, -0.1) is 0 Å². The summed E-state index contributed by atoms with van der Waals surface area (Å²) in [5.74, 6) is 0.867. The fourth-order valence-corrected chi connectivity index (χ4v) is 1.96. The Morgan fingerprint density at radius 1 is 1.05 bits per heavy atom. The second-order valence-electron chi connectivity index (χ2n) is 4.63. The first kappa shape index (κ1) is 14.2. The van der Waals surface area contributed by atoms with E-state index in [0.717, 1.165) is 23.5 Å². The molecule has 0 heterocycles. The van der Waals surface area contributed by atoms with Crippen molar-refractivity contribution < 1.29 is 4.74 Å². The van der Waals surface area contributed by atoms with Crippen LogP contribution < -0.4 is 10.1 Å². The average Bonchev–Trinajstić information content (AvgIpc) is 2.50. The highest BCUT2D eigenvalue weighted by Gasteiger charge is 1.99. The molecule has 0 aliphatic rings. The zero-order valence-corrected chi connectivity index (χ0v) is 12.1. The van der Waals surface area contributed by atoms with Gasteiger partial charge in [-0.2, -0.15) is 0 Å². The van der Waals surface area contributed by atoms with Crippen molar-refractivity contribution >= 4 is 17.5 Å². The van der Waals surface area contributed by atoms with Gasteiger partial charge in [0.05, 0.1) is 7.11 Å². The van der Waals surface area contributed by atoms with Crippen LogP contribution in [0.25, 0.3) is 6.08 Å². The summed E-state index contributed by atoms with van der Waals surface area (Å²) in [5, 5.41) is 3.44. The van der Waals surface area contributed by atoms with Crippen molar-refractivity contribution in [2.24, 2.45) is 0 Å². The highest BCUT2D eigenvalue weighted by Crippen LogP contribution is 2.23. The standard InChI is InChI=1S/C18H21NO/c1-3-4-5-8-15-9-6-7-10-18(15)19-16-11-13-17(20-2)14-12-16/h5-14,19H,3-4H2,1-2H3/b8-5+. The zero-order valence-electron chi connectivity index (χ0n) is 12.1. The first-order valence-electron chi connectivity index (χ1n) is 7.00. The third-order valence-electron chi connectivity index (χ3n) is 3.08. The van der Waals surface area contributed by atoms with E-state index in [-0.39, 0.29) is 0 Å². The van der Waals surface area contributed by atoms with Crippen molar-refractivity contribution in [1.29, 1.82) is 0 Å². The molecule has 0 amide bonds. The normalized spacial score (nSPS) is 10.7. The molecule has 0 fully saturated rings. The number of unbranched alkanes of at least 4 members (excludes halogenated alkanes) is 1. The Morgan fingerprint density at radius 3 is 2.50 bits per heavy atom. The minimum absolute atomic E-state index is 0.867. The Morgan fingerprint density at radius 2 is 1.80 bits per heavy atom. The maximum atomic E-state index is 5.17. The van der Waals surface area contributed by atoms with Crippen molar-refractivity contribution in [3.8, 4) is 5.75 Å². The minimum Gasteiger partial charge on any atom is -0.497 e. The van der Waals surface area contributed by atoms with Crippen molar-refractivity contribution in [3.63, 3.8) is 0 Å². The number of para-hydroxylation sites is 1. The first-order valence-corrected chi connectivity index (χ1v) is 7.00. The van der Waals surface area contributed by atoms with Crippen LogP contribution in [0.15, 0.2) is 54.6 Å². The molecule has 104 valence electrons. The number of allylic oxidation sites excluding steroid dienone is 1. The molecule has 2 heteroatoms. The topological polar surface area (TPSA) is 21.3 Å². The van der Waals surface area contributed by atoms with E-state index >= 15 is 0 Å². The van der Waals surface area contributed by atoms with Gasteiger partial charge in [0, 0.05) is 11.4 Å². The molecule has 0 saturated heterocycles. The van der Waals surface area contributed by atoms with Gasteiger partial charge in [0.1, 0.15) is 5.75 Å². The van der Waals surface area contributed by atoms with Crippen molar-refractivity contribution in [2.45, 2.75) is 19.8 Å². The number of anilines is 2. The lowest BCUT2D eigenvalue weighted by Crippen LogP contribution is -1.93. The Hall–Kier alpha value is -2.22. The third-order valence-corrected chi connectivity index (χ3v) is 3.08. The van der Waals surface area contributed by atoms with Crippen LogP contribution in [0, 0.1) is 0 Å². The van der Waals surface area contributed by atoms with Gasteiger partial charge in [0.2, 0.25) is 0 Å². The highest BCUT2D eigenvalue weighted by molar-refractivity contribution is 5.72. The van der Waals surface area contributed by atoms with Crippen molar-refractivity contribution in [2.75, 3.05) is 12.4 Å². The molecule has 2 nitrogen and oxygen atoms in total. The van der Waals surface area contributed by atoms with E-state index < -0.39 is 0 Å². The summed E-state index contributed by atoms with van der Waals surface area (Å²) < 4.78 is 5.17. The predicted molar refractivity (Wildman–Crippen MR) is 86.7 cm³/mol. The smallest absolute Gasteiger partial charge is 0.119 e. The Bertz CT molecular complexity index is 558. The van der Waals surface area contributed by atoms with Crippen LogP contribution in [0.4, 0.5) is 11.4 Å². The van der Waals surface area contributed by atoms with Gasteiger partial charge < -0.3 is 10.1 Å². The lowest BCUT2D eigenvalue weighted by Gasteiger charge is -2.10. The zero-order chi connectivity index (χ0) is 14.2. The molecule has 0 bridgehead atoms. The molecule has 0 aliphatic heterocycles. The second kappa shape index (κ2) is 7.39. The largest absolute Gasteiger partial charge is 0.497 e. The predicted octanol–water partition coefficient (Wildman–Crippen LogP) is 5.25. The fourth-order valence-electron chi connectivity index (χ4n) is 1.96. The number of methoxy groups -OCH3 is 1. The molecule has 2 aromatic rings. The molecule has 0 aliphatic carbocycles. The molecule has 0 spiro atoms. The number of rotatable bonds is 6. The Labute approximate surface area is 121 Å². The highest BCUT2D eigenvalue weighted by atomic mass is 16.5. The molecule has 0 radical (unpaired) electrons. The van der Waals surface area contributed by atoms with E-state index in [9.17, 15) is 0 Å². The molecule has 20 heavy (non-hydrogen) atoms. The summed E-state index contributed by atoms with van der Waals surface area (Å²) in [6.07, 6.45) is 6.67. The van der Waals surface area contributed by atoms with E-state index in [2.05, 4.69) is 42.6 Å². The van der Waals surface area contributed by atoms with Crippen LogP contribution in [-0.4, -0.2) is 7.11 Å². The van der Waals surface area contributed by atoms with Gasteiger partial charge in [-0.05, 0) is 42.3 Å². The summed E-state index contributed by atoms with van der Waals surface area (Å²) in [4.78, 5) is 0. The van der Waals surface area contributed by atoms with E-state index in [1.807, 2.05) is 30.3 Å². The third kappa shape index (κ3) is 3.89. The lowest BCUT2D eigenvalue weighted by molar-refractivity contribution is 0.415. The summed E-state index contributed by atoms with van der Waals surface area (Å²) in [6.45, 7) is 2.19. The monoisotopic (exact) mass is 267 g/mol. The maximum absolute atomic E-state index is 5.17. The number of ether oxygens (including phenoxy) is 1. The van der Waals surface area contributed by atoms with Gasteiger partial charge in [-0.3, -0.25) is 0 Å². The average molecular weight is 267 g/mol. The van der Waals surface area contributed by atoms with Crippen LogP contribution in [0.2, 0.25) is 0 Å². The van der Waals surface area contributed by atoms with Crippen LogP contribution in [-0.2, 0) is 0 Å². The number of benzene rings is 2. The van der Waals surface area contributed by atoms with Gasteiger partial charge in [0.15, 0.2) is 0 Å². The van der Waals surface area contributed by atoms with E-state index in [1.54, 1.807) is 7.11 Å². The van der Waals surface area contributed by atoms with Gasteiger partial charge in [-0.25, -0.2) is 0 Å². The molecular weight excluding hydrogens is 246 g/mol. The van der Waals surface area contributed by atoms with Crippen molar-refractivity contribution in [1.82, 2.24) is 0 Å². The molecule has 2 rings (SSSR count). The Kier molecular flexibility index (Phi) is 5.24. The Balaban J connectivity index is 2.15. The SMILES string of the molecule is CCC/C=C/c1ccccc1Nc1ccc(OC)cc1. The molecule has 0 atom stereocenters. The van der Waals surface area contributed by atoms with Gasteiger partial charge in [-0.1, -0.05) is 43.7 Å². The molecule has 0 unspecified atom stereocenters. The lowest BCUT2D eigenvalue weighted by atomic mass is 10.1. The van der Waals surface area contributed by atoms with E-state index in [0.29, 0.717) is 0 Å². The van der Waals surface area contributed by atoms with Crippen molar-refractivity contribution in [3.05, 3.63) is 60.2 Å². The number of nitrogens with one attached hydrogen (secondary N) is 1. The minimum atomic E-state index is 0.867. The molecule has 0 saturated carbocycles. The van der Waals surface area contributed by atoms with Crippen LogP contribution in [0.1, 0.15) is 25.3 Å². The summed E-state index contributed by atoms with van der Waals surface area (Å²) in [6, 6.07) is 16.3. The number of hydrogen-bond acceptors (Lipinski definition) is 2. The van der Waals surface area contributed by atoms with E-state index in [4.69, 9.17) is 4.74 Å². The summed E-state index contributed by atoms with van der Waals surface area (Å²) in [7, 11) is 1.68. The van der Waals surface area contributed by atoms with Crippen LogP contribution >= 0.6 is 0 Å². The molecule has 2 aromatic carbocycles. The first-order chi connectivity index (χ1) is 9.83. The van der Waals surface area contributed by atoms with Crippen LogP contribution in [0.5, 0.6) is 5.75 Å². The van der Waals surface area contributed by atoms with Gasteiger partial charge >= 0.3 is 0 Å². The van der Waals surface area contributed by atoms with Gasteiger partial charge in [0.25, 0.3) is 0 Å². The molecular formula is C18H21NO. The van der Waals surface area contributed by atoms with E-state index in [1.165, 1.54) is 12.0 Å². The van der Waals surface area contributed by atoms with Crippen LogP contribution in [0.3, 0.4) is 0 Å². The molecule has 1 N–H and O–H groups in total. The fraction of sp³-hybridized carbons (Fsp3) is 0.222. The summed E-state index contributed by atoms with van der Waals surface area (Å²) in [5.41, 5.74) is 3.38. The maximum Gasteiger partial charge on any atom is 0.119 e. The molecule has 0 aromatic heterocycles. The second-order valence-corrected chi connectivity index (χ2v) is 4.63.